The van der Waals surface area contributed by atoms with Crippen LogP contribution < -0.4 is 0 Å². The summed E-state index contributed by atoms with van der Waals surface area (Å²) in [6, 6.07) is 1.68. The number of carbonyl (C=O) groups excluding carboxylic acids is 1. The topological polar surface area (TPSA) is 50.2 Å². The van der Waals surface area contributed by atoms with E-state index in [1.165, 1.54) is 13.1 Å². The summed E-state index contributed by atoms with van der Waals surface area (Å²) in [6.45, 7) is 1.44. The molecule has 1 aromatic heterocycles. The van der Waals surface area contributed by atoms with Crippen LogP contribution in [-0.2, 0) is 11.2 Å². The molecule has 13 heavy (non-hydrogen) atoms. The Balaban J connectivity index is 2.86. The Hall–Kier alpha value is -0.930. The maximum absolute atomic E-state index is 10.4. The van der Waals surface area contributed by atoms with Crippen LogP contribution in [0.1, 0.15) is 12.5 Å². The van der Waals surface area contributed by atoms with E-state index in [4.69, 9.17) is 11.6 Å². The molecule has 1 unspecified atom stereocenters. The summed E-state index contributed by atoms with van der Waals surface area (Å²) in [7, 11) is 0. The molecule has 0 aliphatic rings. The number of carbonyl (C=O) groups is 1. The monoisotopic (exact) mass is 199 g/mol. The first kappa shape index (κ1) is 10.2. The zero-order valence-corrected chi connectivity index (χ0v) is 7.95. The predicted molar refractivity (Wildman–Crippen MR) is 49.6 cm³/mol. The summed E-state index contributed by atoms with van der Waals surface area (Å²) >= 11 is 5.80. The Bertz CT molecular complexity index is 312. The third-order valence-corrected chi connectivity index (χ3v) is 2.00. The Morgan fingerprint density at radius 3 is 3.00 bits per heavy atom. The van der Waals surface area contributed by atoms with Crippen molar-refractivity contribution in [1.82, 2.24) is 4.98 Å². The number of nitrogens with zero attached hydrogens (tertiary/aromatic N) is 1. The van der Waals surface area contributed by atoms with Crippen LogP contribution in [0.4, 0.5) is 0 Å². The molecule has 0 radical (unpaired) electrons. The molecule has 0 bridgehead atoms. The lowest BCUT2D eigenvalue weighted by atomic mass is 9.99. The van der Waals surface area contributed by atoms with Crippen LogP contribution in [0.2, 0.25) is 5.02 Å². The second-order valence-corrected chi connectivity index (χ2v) is 3.53. The SMILES string of the molecule is CC(O)(C=O)Cc1ccncc1Cl. The van der Waals surface area contributed by atoms with E-state index in [2.05, 4.69) is 4.98 Å². The molecule has 1 heterocycles. The second kappa shape index (κ2) is 3.85. The van der Waals surface area contributed by atoms with E-state index in [9.17, 15) is 9.90 Å². The van der Waals surface area contributed by atoms with Gasteiger partial charge in [-0.1, -0.05) is 11.6 Å². The van der Waals surface area contributed by atoms with Gasteiger partial charge >= 0.3 is 0 Å². The fourth-order valence-corrected chi connectivity index (χ4v) is 1.16. The normalized spacial score (nSPS) is 15.0. The highest BCUT2D eigenvalue weighted by Crippen LogP contribution is 2.18. The van der Waals surface area contributed by atoms with Gasteiger partial charge in [-0.3, -0.25) is 4.98 Å². The largest absolute Gasteiger partial charge is 0.382 e. The number of hydrogen-bond donors (Lipinski definition) is 1. The van der Waals surface area contributed by atoms with Crippen molar-refractivity contribution in [2.24, 2.45) is 0 Å². The van der Waals surface area contributed by atoms with Gasteiger partial charge in [0.2, 0.25) is 0 Å². The minimum absolute atomic E-state index is 0.206. The Kier molecular flexibility index (Phi) is 3.01. The highest BCUT2D eigenvalue weighted by molar-refractivity contribution is 6.31. The predicted octanol–water partition coefficient (Wildman–Crippen LogP) is 1.23. The van der Waals surface area contributed by atoms with Gasteiger partial charge in [0.15, 0.2) is 6.29 Å². The number of halogens is 1. The van der Waals surface area contributed by atoms with E-state index in [1.54, 1.807) is 12.3 Å². The van der Waals surface area contributed by atoms with E-state index >= 15 is 0 Å². The van der Waals surface area contributed by atoms with Crippen LogP contribution in [0.15, 0.2) is 18.5 Å². The second-order valence-electron chi connectivity index (χ2n) is 3.12. The first-order valence-electron chi connectivity index (χ1n) is 3.82. The average Bonchev–Trinajstić information content (AvgIpc) is 2.09. The molecule has 1 rings (SSSR count). The van der Waals surface area contributed by atoms with Crippen molar-refractivity contribution in [2.45, 2.75) is 18.9 Å². The van der Waals surface area contributed by atoms with Crippen molar-refractivity contribution in [2.75, 3.05) is 0 Å². The highest BCUT2D eigenvalue weighted by atomic mass is 35.5. The molecule has 0 fully saturated rings. The lowest BCUT2D eigenvalue weighted by Gasteiger charge is -2.15. The standard InChI is InChI=1S/C9H10ClNO2/c1-9(13,6-12)4-7-2-3-11-5-8(7)10/h2-3,5-6,13H,4H2,1H3. The molecule has 1 atom stereocenters. The molecule has 0 amide bonds. The third kappa shape index (κ3) is 2.79. The van der Waals surface area contributed by atoms with E-state index in [0.29, 0.717) is 16.9 Å². The lowest BCUT2D eigenvalue weighted by Crippen LogP contribution is -2.28. The van der Waals surface area contributed by atoms with Crippen LogP contribution in [0.3, 0.4) is 0 Å². The zero-order chi connectivity index (χ0) is 9.90. The third-order valence-electron chi connectivity index (χ3n) is 1.66. The van der Waals surface area contributed by atoms with Crippen molar-refractivity contribution in [3.05, 3.63) is 29.0 Å². The van der Waals surface area contributed by atoms with Gasteiger partial charge in [-0.2, -0.15) is 0 Å². The quantitative estimate of drug-likeness (QED) is 0.745. The van der Waals surface area contributed by atoms with Crippen molar-refractivity contribution in [1.29, 1.82) is 0 Å². The number of rotatable bonds is 3. The Morgan fingerprint density at radius 1 is 1.77 bits per heavy atom. The fraction of sp³-hybridized carbons (Fsp3) is 0.333. The van der Waals surface area contributed by atoms with Crippen LogP contribution in [0.5, 0.6) is 0 Å². The minimum atomic E-state index is -1.36. The van der Waals surface area contributed by atoms with E-state index < -0.39 is 5.60 Å². The van der Waals surface area contributed by atoms with Gasteiger partial charge in [0.1, 0.15) is 5.60 Å². The van der Waals surface area contributed by atoms with Crippen LogP contribution in [0.25, 0.3) is 0 Å². The summed E-state index contributed by atoms with van der Waals surface area (Å²) < 4.78 is 0. The molecule has 0 aromatic carbocycles. The first-order chi connectivity index (χ1) is 6.05. The first-order valence-corrected chi connectivity index (χ1v) is 4.20. The van der Waals surface area contributed by atoms with Gasteiger partial charge < -0.3 is 9.90 Å². The van der Waals surface area contributed by atoms with Crippen molar-refractivity contribution in [3.8, 4) is 0 Å². The molecule has 0 saturated heterocycles. The van der Waals surface area contributed by atoms with Crippen molar-refractivity contribution in [3.63, 3.8) is 0 Å². The molecule has 1 N–H and O–H groups in total. The number of hydrogen-bond acceptors (Lipinski definition) is 3. The van der Waals surface area contributed by atoms with Gasteiger partial charge in [0.05, 0.1) is 5.02 Å². The maximum Gasteiger partial charge on any atom is 0.151 e. The van der Waals surface area contributed by atoms with Crippen LogP contribution in [0, 0.1) is 0 Å². The highest BCUT2D eigenvalue weighted by Gasteiger charge is 2.20. The van der Waals surface area contributed by atoms with Crippen molar-refractivity contribution >= 4 is 17.9 Å². The maximum atomic E-state index is 10.4. The fourth-order valence-electron chi connectivity index (χ4n) is 0.975. The Labute approximate surface area is 81.4 Å². The lowest BCUT2D eigenvalue weighted by molar-refractivity contribution is -0.122. The number of aliphatic hydroxyl groups is 1. The van der Waals surface area contributed by atoms with Crippen LogP contribution >= 0.6 is 11.6 Å². The molecular formula is C9H10ClNO2. The van der Waals surface area contributed by atoms with E-state index in [1.807, 2.05) is 0 Å². The van der Waals surface area contributed by atoms with Gasteiger partial charge in [-0.05, 0) is 18.6 Å². The van der Waals surface area contributed by atoms with Gasteiger partial charge in [-0.15, -0.1) is 0 Å². The number of aromatic nitrogens is 1. The molecular weight excluding hydrogens is 190 g/mol. The smallest absolute Gasteiger partial charge is 0.151 e. The zero-order valence-electron chi connectivity index (χ0n) is 7.20. The minimum Gasteiger partial charge on any atom is -0.382 e. The summed E-state index contributed by atoms with van der Waals surface area (Å²) in [5, 5.41) is 9.92. The summed E-state index contributed by atoms with van der Waals surface area (Å²) in [4.78, 5) is 14.2. The molecule has 4 heteroatoms. The molecule has 0 aliphatic carbocycles. The molecule has 0 spiro atoms. The van der Waals surface area contributed by atoms with Gasteiger partial charge in [0.25, 0.3) is 0 Å². The molecule has 70 valence electrons. The summed E-state index contributed by atoms with van der Waals surface area (Å²) in [5.74, 6) is 0. The molecule has 3 nitrogen and oxygen atoms in total. The van der Waals surface area contributed by atoms with E-state index in [0.717, 1.165) is 0 Å². The van der Waals surface area contributed by atoms with Crippen molar-refractivity contribution < 1.29 is 9.90 Å². The van der Waals surface area contributed by atoms with Crippen LogP contribution in [-0.4, -0.2) is 22.0 Å². The Morgan fingerprint density at radius 2 is 2.46 bits per heavy atom. The number of pyridine rings is 1. The molecule has 0 aliphatic heterocycles. The van der Waals surface area contributed by atoms with Gasteiger partial charge in [-0.25, -0.2) is 0 Å². The molecule has 1 aromatic rings. The summed E-state index contributed by atoms with van der Waals surface area (Å²) in [6.07, 6.45) is 3.77. The van der Waals surface area contributed by atoms with E-state index in [-0.39, 0.29) is 6.42 Å². The summed E-state index contributed by atoms with van der Waals surface area (Å²) in [5.41, 5.74) is -0.640. The average molecular weight is 200 g/mol. The van der Waals surface area contributed by atoms with Gasteiger partial charge in [0, 0.05) is 18.8 Å². The molecule has 0 saturated carbocycles. The number of aldehydes is 1.